The van der Waals surface area contributed by atoms with Gasteiger partial charge in [-0.05, 0) is 37.6 Å². The number of aryl methyl sites for hydroxylation is 1. The molecule has 154 valence electrons. The number of para-hydroxylation sites is 3. The van der Waals surface area contributed by atoms with Crippen molar-refractivity contribution < 1.29 is 9.53 Å². The number of hydrogen-bond donors (Lipinski definition) is 1. The number of carbonyl (C=O) groups is 1. The molecule has 4 aromatic rings. The number of ether oxygens (including phenoxy) is 1. The lowest BCUT2D eigenvalue weighted by Gasteiger charge is -2.11. The Labute approximate surface area is 173 Å². The minimum Gasteiger partial charge on any atom is -0.382 e. The molecule has 30 heavy (non-hydrogen) atoms. The zero-order chi connectivity index (χ0) is 20.9. The number of hydrogen-bond acceptors (Lipinski definition) is 5. The Kier molecular flexibility index (Phi) is 5.85. The maximum atomic E-state index is 12.7. The van der Waals surface area contributed by atoms with E-state index in [-0.39, 0.29) is 18.0 Å². The Balaban J connectivity index is 1.55. The van der Waals surface area contributed by atoms with Crippen LogP contribution in [0.5, 0.6) is 0 Å². The van der Waals surface area contributed by atoms with E-state index in [9.17, 15) is 9.59 Å². The van der Waals surface area contributed by atoms with Crippen LogP contribution >= 0.6 is 0 Å². The maximum absolute atomic E-state index is 12.7. The van der Waals surface area contributed by atoms with Crippen molar-refractivity contribution in [1.82, 2.24) is 19.1 Å². The lowest BCUT2D eigenvalue weighted by Crippen LogP contribution is -2.28. The number of nitrogens with zero attached hydrogens (tertiary/aromatic N) is 4. The summed E-state index contributed by atoms with van der Waals surface area (Å²) in [5.41, 5.74) is 2.10. The minimum absolute atomic E-state index is 0.140. The Morgan fingerprint density at radius 3 is 2.70 bits per heavy atom. The van der Waals surface area contributed by atoms with Crippen LogP contribution in [0.3, 0.4) is 0 Å². The van der Waals surface area contributed by atoms with Crippen LogP contribution in [0.2, 0.25) is 0 Å². The normalized spacial score (nSPS) is 11.2. The number of rotatable bonds is 8. The molecule has 0 radical (unpaired) electrons. The molecular formula is C22H23N5O3. The predicted octanol–water partition coefficient (Wildman–Crippen LogP) is 2.81. The first-order valence-electron chi connectivity index (χ1n) is 9.94. The SMILES string of the molecule is CCOCCCn1c(NC(=O)Cn2cnc3ccccc3c2=O)nc2ccccc21. The monoisotopic (exact) mass is 405 g/mol. The van der Waals surface area contributed by atoms with Crippen LogP contribution in [-0.2, 0) is 22.6 Å². The molecule has 0 aliphatic carbocycles. The van der Waals surface area contributed by atoms with Gasteiger partial charge in [0.2, 0.25) is 11.9 Å². The average Bonchev–Trinajstić information content (AvgIpc) is 3.10. The topological polar surface area (TPSA) is 91.0 Å². The molecule has 4 rings (SSSR count). The molecule has 0 aliphatic heterocycles. The third kappa shape index (κ3) is 4.08. The van der Waals surface area contributed by atoms with E-state index in [0.717, 1.165) is 17.5 Å². The van der Waals surface area contributed by atoms with Crippen molar-refractivity contribution in [2.24, 2.45) is 0 Å². The second kappa shape index (κ2) is 8.87. The zero-order valence-electron chi connectivity index (χ0n) is 16.7. The fourth-order valence-corrected chi connectivity index (χ4v) is 3.40. The largest absolute Gasteiger partial charge is 0.382 e. The number of carbonyl (C=O) groups excluding carboxylic acids is 1. The molecule has 0 saturated heterocycles. The van der Waals surface area contributed by atoms with E-state index in [1.807, 2.05) is 41.8 Å². The van der Waals surface area contributed by atoms with Crippen molar-refractivity contribution >= 4 is 33.8 Å². The summed E-state index contributed by atoms with van der Waals surface area (Å²) in [6, 6.07) is 14.8. The first-order chi connectivity index (χ1) is 14.7. The molecule has 0 fully saturated rings. The molecule has 2 aromatic carbocycles. The summed E-state index contributed by atoms with van der Waals surface area (Å²) in [6.07, 6.45) is 2.19. The number of anilines is 1. The van der Waals surface area contributed by atoms with Gasteiger partial charge in [0.1, 0.15) is 6.54 Å². The van der Waals surface area contributed by atoms with Crippen molar-refractivity contribution in [3.63, 3.8) is 0 Å². The molecule has 0 bridgehead atoms. The highest BCUT2D eigenvalue weighted by molar-refractivity contribution is 5.91. The molecule has 1 amide bonds. The fourth-order valence-electron chi connectivity index (χ4n) is 3.40. The fraction of sp³-hybridized carbons (Fsp3) is 0.273. The number of aromatic nitrogens is 4. The molecular weight excluding hydrogens is 382 g/mol. The van der Waals surface area contributed by atoms with Gasteiger partial charge in [-0.25, -0.2) is 9.97 Å². The molecule has 8 heteroatoms. The van der Waals surface area contributed by atoms with Crippen molar-refractivity contribution in [1.29, 1.82) is 0 Å². The van der Waals surface area contributed by atoms with Gasteiger partial charge in [0.05, 0.1) is 28.3 Å². The van der Waals surface area contributed by atoms with E-state index in [1.165, 1.54) is 10.9 Å². The molecule has 0 spiro atoms. The number of benzene rings is 2. The Hall–Kier alpha value is -3.52. The summed E-state index contributed by atoms with van der Waals surface area (Å²) in [6.45, 7) is 3.78. The molecule has 0 unspecified atom stereocenters. The van der Waals surface area contributed by atoms with Gasteiger partial charge in [0, 0.05) is 19.8 Å². The summed E-state index contributed by atoms with van der Waals surface area (Å²) < 4.78 is 8.70. The van der Waals surface area contributed by atoms with E-state index < -0.39 is 0 Å². The van der Waals surface area contributed by atoms with Crippen LogP contribution in [0.25, 0.3) is 21.9 Å². The lowest BCUT2D eigenvalue weighted by molar-refractivity contribution is -0.116. The van der Waals surface area contributed by atoms with Crippen molar-refractivity contribution in [3.8, 4) is 0 Å². The second-order valence-corrected chi connectivity index (χ2v) is 6.87. The summed E-state index contributed by atoms with van der Waals surface area (Å²) in [5.74, 6) is 0.120. The third-order valence-electron chi connectivity index (χ3n) is 4.83. The van der Waals surface area contributed by atoms with Gasteiger partial charge in [-0.1, -0.05) is 24.3 Å². The molecule has 0 atom stereocenters. The van der Waals surface area contributed by atoms with E-state index in [2.05, 4.69) is 15.3 Å². The van der Waals surface area contributed by atoms with Gasteiger partial charge >= 0.3 is 0 Å². The molecule has 2 heterocycles. The molecule has 1 N–H and O–H groups in total. The van der Waals surface area contributed by atoms with E-state index in [0.29, 0.717) is 36.6 Å². The van der Waals surface area contributed by atoms with E-state index in [1.54, 1.807) is 18.2 Å². The van der Waals surface area contributed by atoms with Crippen molar-refractivity contribution in [2.45, 2.75) is 26.4 Å². The zero-order valence-corrected chi connectivity index (χ0v) is 16.7. The van der Waals surface area contributed by atoms with Crippen molar-refractivity contribution in [3.05, 3.63) is 65.2 Å². The lowest BCUT2D eigenvalue weighted by atomic mass is 10.2. The highest BCUT2D eigenvalue weighted by Gasteiger charge is 2.14. The summed E-state index contributed by atoms with van der Waals surface area (Å²) in [7, 11) is 0. The first kappa shape index (κ1) is 19.8. The molecule has 2 aromatic heterocycles. The van der Waals surface area contributed by atoms with Gasteiger partial charge < -0.3 is 9.30 Å². The van der Waals surface area contributed by atoms with Crippen LogP contribution in [-0.4, -0.2) is 38.2 Å². The highest BCUT2D eigenvalue weighted by atomic mass is 16.5. The maximum Gasteiger partial charge on any atom is 0.261 e. The van der Waals surface area contributed by atoms with Gasteiger partial charge in [-0.2, -0.15) is 0 Å². The van der Waals surface area contributed by atoms with E-state index in [4.69, 9.17) is 4.74 Å². The van der Waals surface area contributed by atoms with Gasteiger partial charge in [-0.15, -0.1) is 0 Å². The Morgan fingerprint density at radius 2 is 1.87 bits per heavy atom. The number of fused-ring (bicyclic) bond motifs is 2. The van der Waals surface area contributed by atoms with Crippen LogP contribution < -0.4 is 10.9 Å². The van der Waals surface area contributed by atoms with Gasteiger partial charge in [0.15, 0.2) is 0 Å². The van der Waals surface area contributed by atoms with Crippen LogP contribution in [0.1, 0.15) is 13.3 Å². The highest BCUT2D eigenvalue weighted by Crippen LogP contribution is 2.20. The summed E-state index contributed by atoms with van der Waals surface area (Å²) in [4.78, 5) is 34.1. The van der Waals surface area contributed by atoms with Gasteiger partial charge in [0.25, 0.3) is 5.56 Å². The van der Waals surface area contributed by atoms with Gasteiger partial charge in [-0.3, -0.25) is 19.5 Å². The second-order valence-electron chi connectivity index (χ2n) is 6.87. The van der Waals surface area contributed by atoms with Crippen LogP contribution in [0.15, 0.2) is 59.7 Å². The number of imidazole rings is 1. The molecule has 8 nitrogen and oxygen atoms in total. The standard InChI is InChI=1S/C22H23N5O3/c1-2-30-13-7-12-27-19-11-6-5-10-18(19)24-22(27)25-20(28)14-26-15-23-17-9-4-3-8-16(17)21(26)29/h3-6,8-11,15H,2,7,12-14H2,1H3,(H,24,25,28). The van der Waals surface area contributed by atoms with E-state index >= 15 is 0 Å². The third-order valence-corrected chi connectivity index (χ3v) is 4.83. The molecule has 0 saturated carbocycles. The summed E-state index contributed by atoms with van der Waals surface area (Å²) in [5, 5.41) is 3.33. The summed E-state index contributed by atoms with van der Waals surface area (Å²) >= 11 is 0. The number of amides is 1. The van der Waals surface area contributed by atoms with Crippen LogP contribution in [0.4, 0.5) is 5.95 Å². The Morgan fingerprint density at radius 1 is 1.10 bits per heavy atom. The smallest absolute Gasteiger partial charge is 0.261 e. The quantitative estimate of drug-likeness (QED) is 0.455. The predicted molar refractivity (Wildman–Crippen MR) is 115 cm³/mol. The van der Waals surface area contributed by atoms with Crippen LogP contribution in [0, 0.1) is 0 Å². The average molecular weight is 405 g/mol. The molecule has 0 aliphatic rings. The minimum atomic E-state index is -0.337. The first-order valence-corrected chi connectivity index (χ1v) is 9.94. The Bertz CT molecular complexity index is 1240. The van der Waals surface area contributed by atoms with Crippen molar-refractivity contribution in [2.75, 3.05) is 18.5 Å². The number of nitrogens with one attached hydrogen (secondary N) is 1.